The molecule has 0 spiro atoms. The van der Waals surface area contributed by atoms with Crippen LogP contribution >= 0.6 is 0 Å². The minimum Gasteiger partial charge on any atom is -0.462 e. The third-order valence-corrected chi connectivity index (χ3v) is 13.2. The lowest BCUT2D eigenvalue weighted by molar-refractivity contribution is -0.167. The molecule has 0 saturated heterocycles. The predicted octanol–water partition coefficient (Wildman–Crippen LogP) is 21.6. The molecule has 0 saturated carbocycles. The zero-order valence-electron chi connectivity index (χ0n) is 49.5. The molecule has 0 aromatic heterocycles. The monoisotopic (exact) mass is 1050 g/mol. The summed E-state index contributed by atoms with van der Waals surface area (Å²) in [4.78, 5) is 38.3. The van der Waals surface area contributed by atoms with E-state index in [0.717, 1.165) is 141 Å². The molecule has 0 aliphatic carbocycles. The first-order valence-corrected chi connectivity index (χ1v) is 31.5. The highest BCUT2D eigenvalue weighted by Gasteiger charge is 2.19. The molecule has 0 aromatic rings. The first kappa shape index (κ1) is 71.8. The second-order valence-electron chi connectivity index (χ2n) is 20.6. The first-order chi connectivity index (χ1) is 37.5. The summed E-state index contributed by atoms with van der Waals surface area (Å²) in [5, 5.41) is 0. The third kappa shape index (κ3) is 60.7. The smallest absolute Gasteiger partial charge is 0.306 e. The Morgan fingerprint density at radius 2 is 0.513 bits per heavy atom. The van der Waals surface area contributed by atoms with Gasteiger partial charge in [0, 0.05) is 19.3 Å². The van der Waals surface area contributed by atoms with Crippen molar-refractivity contribution in [1.82, 2.24) is 0 Å². The van der Waals surface area contributed by atoms with Gasteiger partial charge in [0.2, 0.25) is 0 Å². The van der Waals surface area contributed by atoms with Gasteiger partial charge in [0.15, 0.2) is 6.10 Å². The number of rotatable bonds is 56. The van der Waals surface area contributed by atoms with Crippen molar-refractivity contribution in [2.45, 2.75) is 290 Å². The summed E-state index contributed by atoms with van der Waals surface area (Å²) in [5.74, 6) is -0.918. The van der Waals surface area contributed by atoms with Crippen LogP contribution in [0.25, 0.3) is 0 Å². The van der Waals surface area contributed by atoms with E-state index in [-0.39, 0.29) is 31.1 Å². The number of carbonyl (C=O) groups is 3. The number of ether oxygens (including phenoxy) is 3. The van der Waals surface area contributed by atoms with Gasteiger partial charge in [0.05, 0.1) is 0 Å². The molecule has 0 N–H and O–H groups in total. The van der Waals surface area contributed by atoms with E-state index in [4.69, 9.17) is 14.2 Å². The van der Waals surface area contributed by atoms with E-state index < -0.39 is 6.10 Å². The van der Waals surface area contributed by atoms with Crippen LogP contribution in [0.4, 0.5) is 0 Å². The Morgan fingerprint density at radius 1 is 0.276 bits per heavy atom. The van der Waals surface area contributed by atoms with E-state index >= 15 is 0 Å². The van der Waals surface area contributed by atoms with Gasteiger partial charge in [-0.3, -0.25) is 14.4 Å². The Balaban J connectivity index is 4.44. The van der Waals surface area contributed by atoms with Crippen LogP contribution in [0.3, 0.4) is 0 Å². The maximum atomic E-state index is 12.9. The summed E-state index contributed by atoms with van der Waals surface area (Å²) in [6.07, 6.45) is 87.6. The van der Waals surface area contributed by atoms with Crippen molar-refractivity contribution in [2.24, 2.45) is 0 Å². The molecule has 76 heavy (non-hydrogen) atoms. The Morgan fingerprint density at radius 3 is 0.803 bits per heavy atom. The molecule has 6 nitrogen and oxygen atoms in total. The molecule has 6 heteroatoms. The van der Waals surface area contributed by atoms with E-state index in [1.807, 2.05) is 0 Å². The van der Waals surface area contributed by atoms with Crippen LogP contribution in [0.2, 0.25) is 0 Å². The van der Waals surface area contributed by atoms with Crippen LogP contribution in [0.15, 0.2) is 122 Å². The summed E-state index contributed by atoms with van der Waals surface area (Å²) in [7, 11) is 0. The molecule has 1 atom stereocenters. The average Bonchev–Trinajstić information content (AvgIpc) is 3.42. The highest BCUT2D eigenvalue weighted by molar-refractivity contribution is 5.71. The van der Waals surface area contributed by atoms with Crippen molar-refractivity contribution < 1.29 is 28.6 Å². The largest absolute Gasteiger partial charge is 0.462 e. The van der Waals surface area contributed by atoms with Crippen LogP contribution in [0, 0.1) is 0 Å². The molecule has 0 heterocycles. The van der Waals surface area contributed by atoms with Crippen molar-refractivity contribution in [3.63, 3.8) is 0 Å². The Hall–Kier alpha value is -4.19. The molecule has 0 radical (unpaired) electrons. The zero-order valence-corrected chi connectivity index (χ0v) is 49.5. The second kappa shape index (κ2) is 63.3. The molecule has 0 aliphatic rings. The summed E-state index contributed by atoms with van der Waals surface area (Å²) >= 11 is 0. The SMILES string of the molecule is CC/C=C\C/C=C\C/C=C\C/C=C\C/C=C\C/C=C\CCCCCCC(=O)OCC(COC(=O)CCCCCCCCCCCCCCCC)OC(=O)CCCCCCCCCC/C=C\C/C=C\C/C=C\C/C=C\CC. The van der Waals surface area contributed by atoms with E-state index in [1.165, 1.54) is 103 Å². The topological polar surface area (TPSA) is 78.9 Å². The molecular weight excluding hydrogens is 937 g/mol. The van der Waals surface area contributed by atoms with Crippen molar-refractivity contribution in [1.29, 1.82) is 0 Å². The normalized spacial score (nSPS) is 12.9. The molecular formula is C70H116O6. The van der Waals surface area contributed by atoms with Crippen LogP contribution in [-0.4, -0.2) is 37.2 Å². The highest BCUT2D eigenvalue weighted by atomic mass is 16.6. The van der Waals surface area contributed by atoms with Gasteiger partial charge in [-0.1, -0.05) is 277 Å². The van der Waals surface area contributed by atoms with E-state index in [0.29, 0.717) is 19.3 Å². The first-order valence-electron chi connectivity index (χ1n) is 31.5. The van der Waals surface area contributed by atoms with Crippen molar-refractivity contribution in [2.75, 3.05) is 13.2 Å². The minimum atomic E-state index is -0.796. The fraction of sp³-hybridized carbons (Fsp3) is 0.671. The number of allylic oxidation sites excluding steroid dienone is 20. The standard InChI is InChI=1S/C70H116O6/c1-4-7-10-13-16-19-22-25-28-30-32-34-35-37-38-40-42-45-48-51-54-57-60-63-69(72)75-66-67(65-74-68(71)62-59-56-53-50-47-44-27-24-21-18-15-12-9-6-3)76-70(73)64-61-58-55-52-49-46-43-41-39-36-33-31-29-26-23-20-17-14-11-8-5-2/h7-8,10-11,16-17,19-20,25-26,28-29,32-34,36-38,42,45,67H,4-6,9,12-15,18,21-24,27,30-31,35,39-41,43-44,46-66H2,1-3H3/b10-7-,11-8-,19-16-,20-17-,28-25-,29-26-,34-32-,36-33-,38-37-,45-42-. The molecule has 432 valence electrons. The van der Waals surface area contributed by atoms with Gasteiger partial charge in [0.25, 0.3) is 0 Å². The Labute approximate surface area is 469 Å². The van der Waals surface area contributed by atoms with Gasteiger partial charge < -0.3 is 14.2 Å². The maximum absolute atomic E-state index is 12.9. The maximum Gasteiger partial charge on any atom is 0.306 e. The zero-order chi connectivity index (χ0) is 55.0. The predicted molar refractivity (Wildman–Crippen MR) is 330 cm³/mol. The van der Waals surface area contributed by atoms with Crippen molar-refractivity contribution >= 4 is 17.9 Å². The van der Waals surface area contributed by atoms with Crippen LogP contribution in [-0.2, 0) is 28.6 Å². The fourth-order valence-electron chi connectivity index (χ4n) is 8.56. The van der Waals surface area contributed by atoms with E-state index in [2.05, 4.69) is 142 Å². The summed E-state index contributed by atoms with van der Waals surface area (Å²) in [5.41, 5.74) is 0. The molecule has 0 bridgehead atoms. The number of esters is 3. The van der Waals surface area contributed by atoms with E-state index in [1.54, 1.807) is 0 Å². The van der Waals surface area contributed by atoms with Gasteiger partial charge in [-0.2, -0.15) is 0 Å². The Kier molecular flexibility index (Phi) is 59.9. The summed E-state index contributed by atoms with van der Waals surface area (Å²) < 4.78 is 16.9. The third-order valence-electron chi connectivity index (χ3n) is 13.2. The van der Waals surface area contributed by atoms with Gasteiger partial charge in [0.1, 0.15) is 13.2 Å². The lowest BCUT2D eigenvalue weighted by Crippen LogP contribution is -2.30. The molecule has 0 aliphatic heterocycles. The van der Waals surface area contributed by atoms with E-state index in [9.17, 15) is 14.4 Å². The molecule has 0 rings (SSSR count). The molecule has 0 aromatic carbocycles. The number of unbranched alkanes of at least 4 members (excludes halogenated alkanes) is 25. The lowest BCUT2D eigenvalue weighted by Gasteiger charge is -2.18. The van der Waals surface area contributed by atoms with Gasteiger partial charge in [-0.05, 0) is 109 Å². The quantitative estimate of drug-likeness (QED) is 0.0261. The average molecular weight is 1050 g/mol. The second-order valence-corrected chi connectivity index (χ2v) is 20.6. The molecule has 0 amide bonds. The Bertz CT molecular complexity index is 1590. The van der Waals surface area contributed by atoms with Crippen LogP contribution in [0.1, 0.15) is 284 Å². The summed E-state index contributed by atoms with van der Waals surface area (Å²) in [6, 6.07) is 0. The van der Waals surface area contributed by atoms with Crippen molar-refractivity contribution in [3.8, 4) is 0 Å². The van der Waals surface area contributed by atoms with Crippen LogP contribution < -0.4 is 0 Å². The lowest BCUT2D eigenvalue weighted by atomic mass is 10.0. The minimum absolute atomic E-state index is 0.0899. The fourth-order valence-corrected chi connectivity index (χ4v) is 8.56. The molecule has 0 fully saturated rings. The molecule has 1 unspecified atom stereocenters. The van der Waals surface area contributed by atoms with Gasteiger partial charge >= 0.3 is 17.9 Å². The van der Waals surface area contributed by atoms with Crippen molar-refractivity contribution in [3.05, 3.63) is 122 Å². The number of carbonyl (C=O) groups excluding carboxylic acids is 3. The summed E-state index contributed by atoms with van der Waals surface area (Å²) in [6.45, 7) is 6.40. The number of hydrogen-bond acceptors (Lipinski definition) is 6. The van der Waals surface area contributed by atoms with Gasteiger partial charge in [-0.15, -0.1) is 0 Å². The number of hydrogen-bond donors (Lipinski definition) is 0. The highest BCUT2D eigenvalue weighted by Crippen LogP contribution is 2.16. The van der Waals surface area contributed by atoms with Gasteiger partial charge in [-0.25, -0.2) is 0 Å². The van der Waals surface area contributed by atoms with Crippen LogP contribution in [0.5, 0.6) is 0 Å².